The summed E-state index contributed by atoms with van der Waals surface area (Å²) in [5.74, 6) is -0.410. The highest BCUT2D eigenvalue weighted by Crippen LogP contribution is 2.12. The summed E-state index contributed by atoms with van der Waals surface area (Å²) < 4.78 is 1.72. The molecule has 0 saturated carbocycles. The van der Waals surface area contributed by atoms with E-state index in [0.717, 1.165) is 5.56 Å². The molecular weight excluding hydrogens is 308 g/mol. The van der Waals surface area contributed by atoms with E-state index in [9.17, 15) is 9.59 Å². The standard InChI is InChI=1S/C16H14N6O2/c1-10-6-13(21-14(7-10)22-5-4-18-9-22)16(24)20-11-2-3-12(15(17)23)19-8-11/h2-9H,1H3,(H2,17,23)(H,20,24). The van der Waals surface area contributed by atoms with Gasteiger partial charge in [0.1, 0.15) is 23.5 Å². The smallest absolute Gasteiger partial charge is 0.274 e. The molecule has 0 aliphatic heterocycles. The number of aryl methyl sites for hydroxylation is 1. The van der Waals surface area contributed by atoms with Crippen LogP contribution in [0.15, 0.2) is 49.2 Å². The number of rotatable bonds is 4. The third-order valence-electron chi connectivity index (χ3n) is 3.23. The van der Waals surface area contributed by atoms with Crippen LogP contribution in [0, 0.1) is 6.92 Å². The first-order valence-corrected chi connectivity index (χ1v) is 7.07. The number of hydrogen-bond acceptors (Lipinski definition) is 5. The summed E-state index contributed by atoms with van der Waals surface area (Å²) in [4.78, 5) is 35.6. The van der Waals surface area contributed by atoms with Crippen molar-refractivity contribution in [2.75, 3.05) is 5.32 Å². The Labute approximate surface area is 137 Å². The first-order chi connectivity index (χ1) is 11.5. The Balaban J connectivity index is 1.83. The van der Waals surface area contributed by atoms with Crippen LogP contribution in [0.4, 0.5) is 5.69 Å². The van der Waals surface area contributed by atoms with Crippen LogP contribution in [-0.4, -0.2) is 31.3 Å². The summed E-state index contributed by atoms with van der Waals surface area (Å²) in [6, 6.07) is 6.53. The van der Waals surface area contributed by atoms with Crippen molar-refractivity contribution < 1.29 is 9.59 Å². The minimum Gasteiger partial charge on any atom is -0.364 e. The first-order valence-electron chi connectivity index (χ1n) is 7.07. The van der Waals surface area contributed by atoms with E-state index in [-0.39, 0.29) is 17.3 Å². The van der Waals surface area contributed by atoms with Gasteiger partial charge in [-0.1, -0.05) is 0 Å². The van der Waals surface area contributed by atoms with Gasteiger partial charge in [-0.3, -0.25) is 14.2 Å². The molecule has 8 heteroatoms. The molecule has 3 N–H and O–H groups in total. The maximum Gasteiger partial charge on any atom is 0.274 e. The van der Waals surface area contributed by atoms with Crippen molar-refractivity contribution >= 4 is 17.5 Å². The second-order valence-electron chi connectivity index (χ2n) is 5.11. The number of aromatic nitrogens is 4. The van der Waals surface area contributed by atoms with Gasteiger partial charge in [-0.05, 0) is 36.8 Å². The SMILES string of the molecule is Cc1cc(C(=O)Nc2ccc(C(N)=O)nc2)nc(-n2ccnc2)c1. The summed E-state index contributed by atoms with van der Waals surface area (Å²) >= 11 is 0. The number of hydrogen-bond donors (Lipinski definition) is 2. The molecule has 0 spiro atoms. The molecule has 0 atom stereocenters. The highest BCUT2D eigenvalue weighted by molar-refractivity contribution is 6.03. The van der Waals surface area contributed by atoms with Crippen molar-refractivity contribution in [3.05, 3.63) is 66.1 Å². The van der Waals surface area contributed by atoms with Crippen LogP contribution in [-0.2, 0) is 0 Å². The molecule has 3 aromatic rings. The topological polar surface area (TPSA) is 116 Å². The number of pyridine rings is 2. The van der Waals surface area contributed by atoms with Crippen molar-refractivity contribution in [3.63, 3.8) is 0 Å². The molecule has 0 bridgehead atoms. The van der Waals surface area contributed by atoms with Crippen LogP contribution in [0.1, 0.15) is 26.5 Å². The van der Waals surface area contributed by atoms with Gasteiger partial charge in [-0.15, -0.1) is 0 Å². The Bertz CT molecular complexity index is 887. The maximum absolute atomic E-state index is 12.4. The predicted octanol–water partition coefficient (Wildman–Crippen LogP) is 1.32. The van der Waals surface area contributed by atoms with E-state index >= 15 is 0 Å². The highest BCUT2D eigenvalue weighted by Gasteiger charge is 2.11. The molecule has 2 amide bonds. The van der Waals surface area contributed by atoms with Gasteiger partial charge in [0, 0.05) is 12.4 Å². The van der Waals surface area contributed by atoms with E-state index in [1.165, 1.54) is 12.3 Å². The van der Waals surface area contributed by atoms with Gasteiger partial charge in [-0.25, -0.2) is 15.0 Å². The lowest BCUT2D eigenvalue weighted by Crippen LogP contribution is -2.16. The monoisotopic (exact) mass is 322 g/mol. The van der Waals surface area contributed by atoms with E-state index in [1.54, 1.807) is 35.4 Å². The molecule has 0 aliphatic rings. The zero-order valence-corrected chi connectivity index (χ0v) is 12.8. The number of nitrogens with two attached hydrogens (primary N) is 1. The zero-order valence-electron chi connectivity index (χ0n) is 12.8. The average Bonchev–Trinajstić information content (AvgIpc) is 3.09. The Morgan fingerprint density at radius 2 is 2.04 bits per heavy atom. The number of anilines is 1. The fourth-order valence-electron chi connectivity index (χ4n) is 2.10. The lowest BCUT2D eigenvalue weighted by Gasteiger charge is -2.08. The van der Waals surface area contributed by atoms with Crippen LogP contribution in [0.2, 0.25) is 0 Å². The molecule has 3 heterocycles. The number of amides is 2. The zero-order chi connectivity index (χ0) is 17.1. The van der Waals surface area contributed by atoms with Crippen molar-refractivity contribution in [2.24, 2.45) is 5.73 Å². The van der Waals surface area contributed by atoms with Gasteiger partial charge >= 0.3 is 0 Å². The number of carbonyl (C=O) groups is 2. The third-order valence-corrected chi connectivity index (χ3v) is 3.23. The number of nitrogens with one attached hydrogen (secondary N) is 1. The van der Waals surface area contributed by atoms with Gasteiger partial charge in [-0.2, -0.15) is 0 Å². The quantitative estimate of drug-likeness (QED) is 0.751. The number of nitrogens with zero attached hydrogens (tertiary/aromatic N) is 4. The van der Waals surface area contributed by atoms with E-state index in [1.807, 2.05) is 13.0 Å². The Kier molecular flexibility index (Phi) is 4.02. The van der Waals surface area contributed by atoms with Crippen LogP contribution in [0.25, 0.3) is 5.82 Å². The number of carbonyl (C=O) groups excluding carboxylic acids is 2. The molecule has 0 aliphatic carbocycles. The first kappa shape index (κ1) is 15.3. The molecular formula is C16H14N6O2. The highest BCUT2D eigenvalue weighted by atomic mass is 16.2. The van der Waals surface area contributed by atoms with E-state index in [0.29, 0.717) is 11.5 Å². The average molecular weight is 322 g/mol. The molecule has 0 saturated heterocycles. The molecule has 0 fully saturated rings. The Morgan fingerprint density at radius 3 is 2.67 bits per heavy atom. The second-order valence-corrected chi connectivity index (χ2v) is 5.11. The van der Waals surface area contributed by atoms with Crippen LogP contribution in [0.3, 0.4) is 0 Å². The van der Waals surface area contributed by atoms with Crippen molar-refractivity contribution in [2.45, 2.75) is 6.92 Å². The summed E-state index contributed by atoms with van der Waals surface area (Å²) in [5.41, 5.74) is 6.85. The molecule has 8 nitrogen and oxygen atoms in total. The van der Waals surface area contributed by atoms with E-state index < -0.39 is 5.91 Å². The minimum absolute atomic E-state index is 0.129. The summed E-state index contributed by atoms with van der Waals surface area (Å²) in [6.45, 7) is 1.88. The number of imidazole rings is 1. The molecule has 0 aromatic carbocycles. The van der Waals surface area contributed by atoms with Gasteiger partial charge in [0.25, 0.3) is 11.8 Å². The fraction of sp³-hybridized carbons (Fsp3) is 0.0625. The largest absolute Gasteiger partial charge is 0.364 e. The normalized spacial score (nSPS) is 10.4. The fourth-order valence-corrected chi connectivity index (χ4v) is 2.10. The number of primary amides is 1. The maximum atomic E-state index is 12.4. The lowest BCUT2D eigenvalue weighted by atomic mass is 10.2. The molecule has 3 rings (SSSR count). The Morgan fingerprint density at radius 1 is 1.21 bits per heavy atom. The molecule has 120 valence electrons. The van der Waals surface area contributed by atoms with E-state index in [2.05, 4.69) is 20.3 Å². The molecule has 0 unspecified atom stereocenters. The summed E-state index contributed by atoms with van der Waals surface area (Å²) in [5, 5.41) is 2.68. The third kappa shape index (κ3) is 3.27. The summed E-state index contributed by atoms with van der Waals surface area (Å²) in [7, 11) is 0. The van der Waals surface area contributed by atoms with Gasteiger partial charge in [0.15, 0.2) is 0 Å². The van der Waals surface area contributed by atoms with Crippen molar-refractivity contribution in [3.8, 4) is 5.82 Å². The van der Waals surface area contributed by atoms with E-state index in [4.69, 9.17) is 5.73 Å². The Hall–Kier alpha value is -3.55. The van der Waals surface area contributed by atoms with Crippen LogP contribution >= 0.6 is 0 Å². The van der Waals surface area contributed by atoms with Crippen molar-refractivity contribution in [1.29, 1.82) is 0 Å². The second kappa shape index (κ2) is 6.29. The molecule has 3 aromatic heterocycles. The molecule has 0 radical (unpaired) electrons. The van der Waals surface area contributed by atoms with Crippen molar-refractivity contribution in [1.82, 2.24) is 19.5 Å². The molecule has 24 heavy (non-hydrogen) atoms. The lowest BCUT2D eigenvalue weighted by molar-refractivity contribution is 0.0994. The van der Waals surface area contributed by atoms with Gasteiger partial charge in [0.2, 0.25) is 0 Å². The van der Waals surface area contributed by atoms with Gasteiger partial charge < -0.3 is 11.1 Å². The van der Waals surface area contributed by atoms with Gasteiger partial charge in [0.05, 0.1) is 11.9 Å². The van der Waals surface area contributed by atoms with Crippen LogP contribution < -0.4 is 11.1 Å². The minimum atomic E-state index is -0.627. The predicted molar refractivity (Wildman–Crippen MR) is 86.8 cm³/mol. The van der Waals surface area contributed by atoms with Crippen LogP contribution in [0.5, 0.6) is 0 Å². The summed E-state index contributed by atoms with van der Waals surface area (Å²) in [6.07, 6.45) is 6.35.